The van der Waals surface area contributed by atoms with Gasteiger partial charge in [0.15, 0.2) is 0 Å². The highest BCUT2D eigenvalue weighted by atomic mass is 16.6. The molecule has 18 heavy (non-hydrogen) atoms. The maximum atomic E-state index is 11.7. The van der Waals surface area contributed by atoms with Crippen LogP contribution in [0.2, 0.25) is 0 Å². The monoisotopic (exact) mass is 259 g/mol. The first kappa shape index (κ1) is 16.7. The molecule has 0 aliphatic carbocycles. The fourth-order valence-corrected chi connectivity index (χ4v) is 1.67. The van der Waals surface area contributed by atoms with Crippen LogP contribution in [0, 0.1) is 11.3 Å². The molecule has 1 amide bonds. The van der Waals surface area contributed by atoms with Gasteiger partial charge in [-0.05, 0) is 33.1 Å². The first-order valence-electron chi connectivity index (χ1n) is 6.07. The summed E-state index contributed by atoms with van der Waals surface area (Å²) in [6, 6.07) is -0.496. The van der Waals surface area contributed by atoms with Crippen LogP contribution in [0.15, 0.2) is 0 Å². The molecule has 0 heterocycles. The van der Waals surface area contributed by atoms with Gasteiger partial charge in [-0.3, -0.25) is 4.79 Å². The summed E-state index contributed by atoms with van der Waals surface area (Å²) >= 11 is 0. The van der Waals surface area contributed by atoms with Gasteiger partial charge in [-0.15, -0.1) is 0 Å². The molecule has 0 rings (SSSR count). The molecule has 0 saturated carbocycles. The van der Waals surface area contributed by atoms with Crippen LogP contribution in [0.3, 0.4) is 0 Å². The molecule has 0 aromatic heterocycles. The molecule has 0 aliphatic heterocycles. The van der Waals surface area contributed by atoms with E-state index in [4.69, 9.17) is 9.84 Å². The second-order valence-electron chi connectivity index (χ2n) is 6.62. The summed E-state index contributed by atoms with van der Waals surface area (Å²) in [5.41, 5.74) is -0.965. The average Bonchev–Trinajstić information content (AvgIpc) is 2.08. The van der Waals surface area contributed by atoms with Crippen molar-refractivity contribution in [2.75, 3.05) is 0 Å². The minimum atomic E-state index is -0.939. The lowest BCUT2D eigenvalue weighted by Crippen LogP contribution is -2.51. The highest BCUT2D eigenvalue weighted by Crippen LogP contribution is 2.26. The van der Waals surface area contributed by atoms with Crippen molar-refractivity contribution in [3.8, 4) is 0 Å². The lowest BCUT2D eigenvalue weighted by molar-refractivity contribution is -0.143. The van der Waals surface area contributed by atoms with E-state index in [1.807, 2.05) is 20.8 Å². The predicted octanol–water partition coefficient (Wildman–Crippen LogP) is 2.65. The number of aliphatic carboxylic acids is 1. The molecule has 0 aromatic carbocycles. The summed E-state index contributed by atoms with van der Waals surface area (Å²) in [6.45, 7) is 12.5. The van der Waals surface area contributed by atoms with Crippen LogP contribution in [0.25, 0.3) is 0 Å². The van der Waals surface area contributed by atoms with Crippen LogP contribution < -0.4 is 5.32 Å². The van der Waals surface area contributed by atoms with E-state index in [-0.39, 0.29) is 5.41 Å². The number of carbonyl (C=O) groups is 2. The number of carboxylic acids is 1. The lowest BCUT2D eigenvalue weighted by atomic mass is 9.79. The first-order chi connectivity index (χ1) is 7.84. The third-order valence-electron chi connectivity index (χ3n) is 2.49. The number of amides is 1. The van der Waals surface area contributed by atoms with E-state index in [1.54, 1.807) is 27.7 Å². The molecule has 2 unspecified atom stereocenters. The van der Waals surface area contributed by atoms with Crippen molar-refractivity contribution >= 4 is 12.1 Å². The second kappa shape index (κ2) is 5.59. The Labute approximate surface area is 109 Å². The second-order valence-corrected chi connectivity index (χ2v) is 6.62. The van der Waals surface area contributed by atoms with Gasteiger partial charge in [-0.2, -0.15) is 0 Å². The zero-order valence-corrected chi connectivity index (χ0v) is 12.3. The molecule has 0 bridgehead atoms. The minimum absolute atomic E-state index is 0.366. The Hall–Kier alpha value is -1.26. The Morgan fingerprint density at radius 3 is 1.83 bits per heavy atom. The fourth-order valence-electron chi connectivity index (χ4n) is 1.67. The van der Waals surface area contributed by atoms with Crippen molar-refractivity contribution in [3.63, 3.8) is 0 Å². The molecule has 5 heteroatoms. The van der Waals surface area contributed by atoms with Crippen LogP contribution in [0.5, 0.6) is 0 Å². The van der Waals surface area contributed by atoms with E-state index < -0.39 is 29.6 Å². The van der Waals surface area contributed by atoms with Gasteiger partial charge in [0.1, 0.15) is 5.60 Å². The van der Waals surface area contributed by atoms with Gasteiger partial charge in [-0.1, -0.05) is 20.8 Å². The average molecular weight is 259 g/mol. The highest BCUT2D eigenvalue weighted by Gasteiger charge is 2.35. The number of nitrogens with one attached hydrogen (secondary N) is 1. The molecular weight excluding hydrogens is 234 g/mol. The molecule has 2 atom stereocenters. The van der Waals surface area contributed by atoms with Gasteiger partial charge in [0.25, 0.3) is 0 Å². The third kappa shape index (κ3) is 5.89. The van der Waals surface area contributed by atoms with Crippen molar-refractivity contribution in [3.05, 3.63) is 0 Å². The zero-order valence-electron chi connectivity index (χ0n) is 12.3. The normalized spacial score (nSPS) is 15.7. The smallest absolute Gasteiger partial charge is 0.407 e. The van der Waals surface area contributed by atoms with Gasteiger partial charge in [-0.25, -0.2) is 4.79 Å². The van der Waals surface area contributed by atoms with Crippen LogP contribution in [-0.4, -0.2) is 28.8 Å². The van der Waals surface area contributed by atoms with E-state index >= 15 is 0 Å². The van der Waals surface area contributed by atoms with Crippen LogP contribution >= 0.6 is 0 Å². The van der Waals surface area contributed by atoms with Crippen LogP contribution in [0.1, 0.15) is 48.5 Å². The van der Waals surface area contributed by atoms with E-state index in [0.717, 1.165) is 0 Å². The quantitative estimate of drug-likeness (QED) is 0.817. The standard InChI is InChI=1S/C13H25NO4/c1-8(10(15)16)9(12(2,3)4)14-11(17)18-13(5,6)7/h8-9H,1-7H3,(H,14,17)(H,15,16). The lowest BCUT2D eigenvalue weighted by Gasteiger charge is -2.34. The molecule has 0 radical (unpaired) electrons. The van der Waals surface area contributed by atoms with E-state index in [1.165, 1.54) is 0 Å². The van der Waals surface area contributed by atoms with Gasteiger partial charge < -0.3 is 15.2 Å². The molecule has 0 saturated heterocycles. The summed E-state index contributed by atoms with van der Waals surface area (Å²) in [5, 5.41) is 11.7. The van der Waals surface area contributed by atoms with Crippen molar-refractivity contribution in [1.29, 1.82) is 0 Å². The summed E-state index contributed by atoms with van der Waals surface area (Å²) < 4.78 is 5.15. The number of rotatable bonds is 3. The number of alkyl carbamates (subject to hydrolysis) is 1. The van der Waals surface area contributed by atoms with E-state index in [0.29, 0.717) is 0 Å². The van der Waals surface area contributed by atoms with E-state index in [9.17, 15) is 9.59 Å². The molecule has 0 spiro atoms. The zero-order chi connectivity index (χ0) is 14.7. The Morgan fingerprint density at radius 1 is 1.11 bits per heavy atom. The van der Waals surface area contributed by atoms with Crippen molar-refractivity contribution in [2.45, 2.75) is 60.1 Å². The minimum Gasteiger partial charge on any atom is -0.481 e. The summed E-state index contributed by atoms with van der Waals surface area (Å²) in [5.74, 6) is -1.62. The topological polar surface area (TPSA) is 75.6 Å². The summed E-state index contributed by atoms with van der Waals surface area (Å²) in [6.07, 6.45) is -0.587. The summed E-state index contributed by atoms with van der Waals surface area (Å²) in [7, 11) is 0. The number of hydrogen-bond donors (Lipinski definition) is 2. The SMILES string of the molecule is CC(C(=O)O)C(NC(=O)OC(C)(C)C)C(C)(C)C. The molecule has 0 fully saturated rings. The number of hydrogen-bond acceptors (Lipinski definition) is 3. The maximum Gasteiger partial charge on any atom is 0.407 e. The van der Waals surface area contributed by atoms with Crippen LogP contribution in [-0.2, 0) is 9.53 Å². The Bertz CT molecular complexity index is 312. The molecule has 2 N–H and O–H groups in total. The first-order valence-corrected chi connectivity index (χ1v) is 6.07. The Morgan fingerprint density at radius 2 is 1.56 bits per heavy atom. The summed E-state index contributed by atoms with van der Waals surface area (Å²) in [4.78, 5) is 22.8. The number of ether oxygens (including phenoxy) is 1. The van der Waals surface area contributed by atoms with Crippen molar-refractivity contribution < 1.29 is 19.4 Å². The van der Waals surface area contributed by atoms with Crippen molar-refractivity contribution in [2.24, 2.45) is 11.3 Å². The van der Waals surface area contributed by atoms with Crippen LogP contribution in [0.4, 0.5) is 4.79 Å². The molecule has 0 aromatic rings. The third-order valence-corrected chi connectivity index (χ3v) is 2.49. The van der Waals surface area contributed by atoms with Gasteiger partial charge in [0.2, 0.25) is 0 Å². The Kier molecular flexibility index (Phi) is 5.20. The molecule has 0 aliphatic rings. The molecule has 5 nitrogen and oxygen atoms in total. The Balaban J connectivity index is 4.83. The van der Waals surface area contributed by atoms with E-state index in [2.05, 4.69) is 5.32 Å². The maximum absolute atomic E-state index is 11.7. The van der Waals surface area contributed by atoms with Gasteiger partial charge in [0.05, 0.1) is 12.0 Å². The van der Waals surface area contributed by atoms with Gasteiger partial charge in [0, 0.05) is 0 Å². The fraction of sp³-hybridized carbons (Fsp3) is 0.846. The number of carbonyl (C=O) groups excluding carboxylic acids is 1. The number of carboxylic acid groups (broad SMARTS) is 1. The molecular formula is C13H25NO4. The van der Waals surface area contributed by atoms with Gasteiger partial charge >= 0.3 is 12.1 Å². The molecule has 106 valence electrons. The largest absolute Gasteiger partial charge is 0.481 e. The highest BCUT2D eigenvalue weighted by molar-refractivity contribution is 5.73. The van der Waals surface area contributed by atoms with Crippen molar-refractivity contribution in [1.82, 2.24) is 5.32 Å². The predicted molar refractivity (Wildman–Crippen MR) is 69.4 cm³/mol.